The number of carbonyl (C=O) groups is 1. The van der Waals surface area contributed by atoms with Crippen LogP contribution in [0.3, 0.4) is 0 Å². The standard InChI is InChI=1S/C20H25F2N3O/c21-15-4-3-5-16(22)19(15)25-9-7-18(20(25)26)24-11-13-10-23-8-2-1-6-17(23)14(13)12-24/h3-5,13-14,17-18H,1-2,6-12H2. The molecule has 140 valence electrons. The Kier molecular flexibility index (Phi) is 4.01. The van der Waals surface area contributed by atoms with Gasteiger partial charge >= 0.3 is 0 Å². The molecule has 26 heavy (non-hydrogen) atoms. The van der Waals surface area contributed by atoms with Crippen molar-refractivity contribution in [3.63, 3.8) is 0 Å². The maximum Gasteiger partial charge on any atom is 0.244 e. The summed E-state index contributed by atoms with van der Waals surface area (Å²) < 4.78 is 28.2. The van der Waals surface area contributed by atoms with Crippen LogP contribution in [-0.4, -0.2) is 60.5 Å². The predicted octanol–water partition coefficient (Wildman–Crippen LogP) is 2.49. The van der Waals surface area contributed by atoms with Crippen LogP contribution in [-0.2, 0) is 4.79 Å². The van der Waals surface area contributed by atoms with Gasteiger partial charge in [-0.2, -0.15) is 0 Å². The molecule has 0 saturated carbocycles. The molecule has 4 heterocycles. The third-order valence-corrected chi connectivity index (χ3v) is 6.97. The van der Waals surface area contributed by atoms with Gasteiger partial charge in [0.1, 0.15) is 17.3 Å². The summed E-state index contributed by atoms with van der Waals surface area (Å²) in [5, 5.41) is 0. The molecule has 0 bridgehead atoms. The number of halogens is 2. The van der Waals surface area contributed by atoms with E-state index in [0.717, 1.165) is 19.6 Å². The minimum Gasteiger partial charge on any atom is -0.306 e. The van der Waals surface area contributed by atoms with Gasteiger partial charge in [-0.15, -0.1) is 0 Å². The van der Waals surface area contributed by atoms with E-state index < -0.39 is 11.6 Å². The largest absolute Gasteiger partial charge is 0.306 e. The zero-order valence-corrected chi connectivity index (χ0v) is 14.9. The molecule has 6 heteroatoms. The number of amides is 1. The molecule has 1 amide bonds. The highest BCUT2D eigenvalue weighted by Gasteiger charge is 2.50. The van der Waals surface area contributed by atoms with Crippen molar-refractivity contribution in [2.45, 2.75) is 37.8 Å². The zero-order valence-electron chi connectivity index (χ0n) is 14.9. The van der Waals surface area contributed by atoms with Gasteiger partial charge in [0.25, 0.3) is 0 Å². The number of likely N-dealkylation sites (tertiary alicyclic amines) is 1. The first-order valence-corrected chi connectivity index (χ1v) is 9.87. The molecule has 5 rings (SSSR count). The molecule has 4 atom stereocenters. The average Bonchev–Trinajstić information content (AvgIpc) is 3.28. The number of para-hydroxylation sites is 1. The molecule has 4 fully saturated rings. The van der Waals surface area contributed by atoms with E-state index in [1.807, 2.05) is 0 Å². The minimum atomic E-state index is -0.657. The second kappa shape index (κ2) is 6.27. The Labute approximate surface area is 152 Å². The van der Waals surface area contributed by atoms with Crippen molar-refractivity contribution in [3.05, 3.63) is 29.8 Å². The van der Waals surface area contributed by atoms with Gasteiger partial charge < -0.3 is 4.90 Å². The molecule has 4 aliphatic heterocycles. The van der Waals surface area contributed by atoms with Crippen molar-refractivity contribution < 1.29 is 13.6 Å². The average molecular weight is 361 g/mol. The monoisotopic (exact) mass is 361 g/mol. The number of hydrogen-bond acceptors (Lipinski definition) is 3. The lowest BCUT2D eigenvalue weighted by Gasteiger charge is -2.34. The first-order valence-electron chi connectivity index (χ1n) is 9.87. The third-order valence-electron chi connectivity index (χ3n) is 6.97. The van der Waals surface area contributed by atoms with E-state index in [-0.39, 0.29) is 17.6 Å². The van der Waals surface area contributed by atoms with E-state index in [1.54, 1.807) is 0 Å². The smallest absolute Gasteiger partial charge is 0.244 e. The quantitative estimate of drug-likeness (QED) is 0.810. The molecule has 0 aliphatic carbocycles. The van der Waals surface area contributed by atoms with Crippen molar-refractivity contribution in [2.24, 2.45) is 11.8 Å². The Balaban J connectivity index is 1.31. The number of anilines is 1. The highest BCUT2D eigenvalue weighted by Crippen LogP contribution is 2.42. The molecule has 1 aromatic carbocycles. The van der Waals surface area contributed by atoms with Crippen LogP contribution >= 0.6 is 0 Å². The summed E-state index contributed by atoms with van der Waals surface area (Å²) in [6, 6.07) is 4.23. The Hall–Kier alpha value is -1.53. The fraction of sp³-hybridized carbons (Fsp3) is 0.650. The summed E-state index contributed by atoms with van der Waals surface area (Å²) in [7, 11) is 0. The maximum absolute atomic E-state index is 14.1. The molecular weight excluding hydrogens is 336 g/mol. The fourth-order valence-corrected chi connectivity index (χ4v) is 5.82. The number of benzene rings is 1. The van der Waals surface area contributed by atoms with Gasteiger partial charge in [0, 0.05) is 32.2 Å². The van der Waals surface area contributed by atoms with Crippen LogP contribution in [0.2, 0.25) is 0 Å². The van der Waals surface area contributed by atoms with E-state index >= 15 is 0 Å². The summed E-state index contributed by atoms with van der Waals surface area (Å²) in [6.45, 7) is 4.67. The number of hydrogen-bond donors (Lipinski definition) is 0. The van der Waals surface area contributed by atoms with Crippen molar-refractivity contribution in [2.75, 3.05) is 37.6 Å². The molecule has 0 radical (unpaired) electrons. The highest BCUT2D eigenvalue weighted by molar-refractivity contribution is 5.99. The van der Waals surface area contributed by atoms with Crippen LogP contribution in [0.4, 0.5) is 14.5 Å². The summed E-state index contributed by atoms with van der Waals surface area (Å²) in [5.41, 5.74) is -0.183. The minimum absolute atomic E-state index is 0.144. The number of piperidine rings is 1. The van der Waals surface area contributed by atoms with Gasteiger partial charge in [0.05, 0.1) is 6.04 Å². The van der Waals surface area contributed by atoms with Crippen molar-refractivity contribution >= 4 is 11.6 Å². The highest BCUT2D eigenvalue weighted by atomic mass is 19.1. The summed E-state index contributed by atoms with van der Waals surface area (Å²) >= 11 is 0. The molecule has 4 nitrogen and oxygen atoms in total. The molecule has 4 unspecified atom stereocenters. The van der Waals surface area contributed by atoms with E-state index in [4.69, 9.17) is 0 Å². The Morgan fingerprint density at radius 2 is 1.69 bits per heavy atom. The molecule has 1 aromatic rings. The lowest BCUT2D eigenvalue weighted by atomic mass is 9.90. The SMILES string of the molecule is O=C1C(N2CC3CN4CCCCC4C3C2)CCN1c1c(F)cccc1F. The van der Waals surface area contributed by atoms with Gasteiger partial charge in [-0.25, -0.2) is 8.78 Å². The number of rotatable bonds is 2. The molecule has 4 aliphatic rings. The van der Waals surface area contributed by atoms with Gasteiger partial charge in [-0.1, -0.05) is 12.5 Å². The van der Waals surface area contributed by atoms with Crippen LogP contribution in [0, 0.1) is 23.5 Å². The van der Waals surface area contributed by atoms with Gasteiger partial charge in [-0.05, 0) is 49.8 Å². The molecule has 0 spiro atoms. The van der Waals surface area contributed by atoms with E-state index in [2.05, 4.69) is 9.80 Å². The first kappa shape index (κ1) is 16.6. The lowest BCUT2D eigenvalue weighted by Crippen LogP contribution is -2.44. The van der Waals surface area contributed by atoms with Crippen LogP contribution in [0.15, 0.2) is 18.2 Å². The van der Waals surface area contributed by atoms with Gasteiger partial charge in [0.2, 0.25) is 5.91 Å². The molecule has 0 N–H and O–H groups in total. The maximum atomic E-state index is 14.1. The zero-order chi connectivity index (χ0) is 17.8. The predicted molar refractivity (Wildman–Crippen MR) is 94.9 cm³/mol. The Morgan fingerprint density at radius 3 is 2.50 bits per heavy atom. The van der Waals surface area contributed by atoms with Crippen LogP contribution in [0.1, 0.15) is 25.7 Å². The molecule has 4 saturated heterocycles. The topological polar surface area (TPSA) is 26.8 Å². The van der Waals surface area contributed by atoms with E-state index in [9.17, 15) is 13.6 Å². The Bertz CT molecular complexity index is 707. The summed E-state index contributed by atoms with van der Waals surface area (Å²) in [4.78, 5) is 19.2. The number of nitrogens with zero attached hydrogens (tertiary/aromatic N) is 3. The third kappa shape index (κ3) is 2.49. The summed E-state index contributed by atoms with van der Waals surface area (Å²) in [6.07, 6.45) is 4.55. The van der Waals surface area contributed by atoms with Crippen molar-refractivity contribution in [1.29, 1.82) is 0 Å². The van der Waals surface area contributed by atoms with E-state index in [1.165, 1.54) is 48.9 Å². The second-order valence-corrected chi connectivity index (χ2v) is 8.30. The van der Waals surface area contributed by atoms with Crippen LogP contribution in [0.5, 0.6) is 0 Å². The fourth-order valence-electron chi connectivity index (χ4n) is 5.82. The lowest BCUT2D eigenvalue weighted by molar-refractivity contribution is -0.121. The molecule has 0 aromatic heterocycles. The van der Waals surface area contributed by atoms with Crippen LogP contribution < -0.4 is 4.90 Å². The number of carbonyl (C=O) groups excluding carboxylic acids is 1. The number of fused-ring (bicyclic) bond motifs is 3. The van der Waals surface area contributed by atoms with Gasteiger partial charge in [-0.3, -0.25) is 14.6 Å². The van der Waals surface area contributed by atoms with Crippen LogP contribution in [0.25, 0.3) is 0 Å². The first-order chi connectivity index (χ1) is 12.6. The van der Waals surface area contributed by atoms with Gasteiger partial charge in [0.15, 0.2) is 0 Å². The second-order valence-electron chi connectivity index (χ2n) is 8.30. The normalized spacial score (nSPS) is 35.2. The molecular formula is C20H25F2N3O. The van der Waals surface area contributed by atoms with Crippen molar-refractivity contribution in [3.8, 4) is 0 Å². The summed E-state index contributed by atoms with van der Waals surface area (Å²) in [5.74, 6) is -0.160. The van der Waals surface area contributed by atoms with Crippen molar-refractivity contribution in [1.82, 2.24) is 9.80 Å². The van der Waals surface area contributed by atoms with E-state index in [0.29, 0.717) is 30.8 Å². The Morgan fingerprint density at radius 1 is 0.923 bits per heavy atom.